The van der Waals surface area contributed by atoms with E-state index in [9.17, 15) is 9.18 Å². The standard InChI is InChI=1S/C11H12FNO2/c12-5-7-15-10-3-1-2-9-8(10)4-6-13-11(9)14/h1-3H,4-7H2,(H,13,14). The molecule has 3 nitrogen and oxygen atoms in total. The number of alkyl halides is 1. The van der Waals surface area contributed by atoms with Gasteiger partial charge in [-0.3, -0.25) is 4.79 Å². The van der Waals surface area contributed by atoms with Crippen LogP contribution in [0.2, 0.25) is 0 Å². The SMILES string of the molecule is O=C1NCCc2c(OCCF)cccc21. The van der Waals surface area contributed by atoms with Crippen LogP contribution in [0.25, 0.3) is 0 Å². The first-order chi connectivity index (χ1) is 7.33. The van der Waals surface area contributed by atoms with E-state index < -0.39 is 6.67 Å². The summed E-state index contributed by atoms with van der Waals surface area (Å²) in [6, 6.07) is 5.27. The van der Waals surface area contributed by atoms with Crippen LogP contribution >= 0.6 is 0 Å². The first-order valence-electron chi connectivity index (χ1n) is 4.92. The summed E-state index contributed by atoms with van der Waals surface area (Å²) in [5.41, 5.74) is 1.52. The molecule has 0 fully saturated rings. The highest BCUT2D eigenvalue weighted by Gasteiger charge is 2.19. The Morgan fingerprint density at radius 3 is 3.13 bits per heavy atom. The summed E-state index contributed by atoms with van der Waals surface area (Å²) >= 11 is 0. The number of hydrogen-bond acceptors (Lipinski definition) is 2. The van der Waals surface area contributed by atoms with Gasteiger partial charge in [-0.25, -0.2) is 4.39 Å². The topological polar surface area (TPSA) is 38.3 Å². The second-order valence-corrected chi connectivity index (χ2v) is 3.33. The Bertz CT molecular complexity index is 379. The van der Waals surface area contributed by atoms with E-state index in [0.717, 1.165) is 12.0 Å². The van der Waals surface area contributed by atoms with Crippen molar-refractivity contribution in [2.45, 2.75) is 6.42 Å². The molecule has 1 N–H and O–H groups in total. The lowest BCUT2D eigenvalue weighted by Gasteiger charge is -2.19. The molecule has 0 bridgehead atoms. The highest BCUT2D eigenvalue weighted by molar-refractivity contribution is 5.97. The van der Waals surface area contributed by atoms with Crippen molar-refractivity contribution >= 4 is 5.91 Å². The monoisotopic (exact) mass is 209 g/mol. The first kappa shape index (κ1) is 9.96. The van der Waals surface area contributed by atoms with Crippen LogP contribution in [0.5, 0.6) is 5.75 Å². The molecule has 1 aromatic carbocycles. The van der Waals surface area contributed by atoms with E-state index in [1.165, 1.54) is 0 Å². The first-order valence-corrected chi connectivity index (χ1v) is 4.92. The van der Waals surface area contributed by atoms with Gasteiger partial charge in [-0.05, 0) is 18.6 Å². The maximum atomic E-state index is 12.0. The van der Waals surface area contributed by atoms with Crippen molar-refractivity contribution in [1.82, 2.24) is 5.32 Å². The van der Waals surface area contributed by atoms with Crippen molar-refractivity contribution in [3.63, 3.8) is 0 Å². The number of halogens is 1. The molecule has 2 rings (SSSR count). The lowest BCUT2D eigenvalue weighted by molar-refractivity contribution is 0.0945. The molecule has 0 radical (unpaired) electrons. The number of carbonyl (C=O) groups excluding carboxylic acids is 1. The molecular formula is C11H12FNO2. The molecule has 1 aromatic rings. The molecule has 15 heavy (non-hydrogen) atoms. The van der Waals surface area contributed by atoms with Gasteiger partial charge in [0.1, 0.15) is 19.0 Å². The van der Waals surface area contributed by atoms with Crippen molar-refractivity contribution < 1.29 is 13.9 Å². The summed E-state index contributed by atoms with van der Waals surface area (Å²) in [5, 5.41) is 2.75. The highest BCUT2D eigenvalue weighted by Crippen LogP contribution is 2.25. The number of carbonyl (C=O) groups is 1. The highest BCUT2D eigenvalue weighted by atomic mass is 19.1. The number of nitrogens with one attached hydrogen (secondary N) is 1. The van der Waals surface area contributed by atoms with Gasteiger partial charge in [0.25, 0.3) is 5.91 Å². The molecule has 0 unspecified atom stereocenters. The number of rotatable bonds is 3. The van der Waals surface area contributed by atoms with Crippen LogP contribution in [0.4, 0.5) is 4.39 Å². The van der Waals surface area contributed by atoms with E-state index in [2.05, 4.69) is 5.32 Å². The summed E-state index contributed by atoms with van der Waals surface area (Å²) in [7, 11) is 0. The average molecular weight is 209 g/mol. The second-order valence-electron chi connectivity index (χ2n) is 3.33. The van der Waals surface area contributed by atoms with Crippen LogP contribution in [0.3, 0.4) is 0 Å². The van der Waals surface area contributed by atoms with Crippen molar-refractivity contribution in [1.29, 1.82) is 0 Å². The van der Waals surface area contributed by atoms with E-state index in [1.807, 2.05) is 0 Å². The van der Waals surface area contributed by atoms with E-state index in [0.29, 0.717) is 17.9 Å². The maximum absolute atomic E-state index is 12.0. The molecule has 0 aromatic heterocycles. The minimum atomic E-state index is -0.518. The Kier molecular flexibility index (Phi) is 2.85. The Morgan fingerprint density at radius 2 is 2.33 bits per heavy atom. The predicted molar refractivity (Wildman–Crippen MR) is 53.9 cm³/mol. The van der Waals surface area contributed by atoms with E-state index >= 15 is 0 Å². The number of benzene rings is 1. The fourth-order valence-corrected chi connectivity index (χ4v) is 1.72. The molecule has 0 saturated carbocycles. The van der Waals surface area contributed by atoms with Gasteiger partial charge in [-0.2, -0.15) is 0 Å². The van der Waals surface area contributed by atoms with Crippen molar-refractivity contribution in [2.24, 2.45) is 0 Å². The van der Waals surface area contributed by atoms with E-state index in [-0.39, 0.29) is 12.5 Å². The third kappa shape index (κ3) is 1.93. The zero-order valence-electron chi connectivity index (χ0n) is 8.25. The van der Waals surface area contributed by atoms with Gasteiger partial charge in [0.05, 0.1) is 0 Å². The van der Waals surface area contributed by atoms with Crippen molar-refractivity contribution in [2.75, 3.05) is 19.8 Å². The van der Waals surface area contributed by atoms with Gasteiger partial charge in [-0.15, -0.1) is 0 Å². The van der Waals surface area contributed by atoms with Crippen LogP contribution in [0.15, 0.2) is 18.2 Å². The number of fused-ring (bicyclic) bond motifs is 1. The third-order valence-corrected chi connectivity index (χ3v) is 2.37. The molecule has 1 aliphatic rings. The number of amides is 1. The molecule has 4 heteroatoms. The second kappa shape index (κ2) is 4.29. The minimum Gasteiger partial charge on any atom is -0.491 e. The largest absolute Gasteiger partial charge is 0.491 e. The molecule has 80 valence electrons. The normalized spacial score (nSPS) is 14.3. The van der Waals surface area contributed by atoms with E-state index in [1.54, 1.807) is 18.2 Å². The molecule has 0 aliphatic carbocycles. The fourth-order valence-electron chi connectivity index (χ4n) is 1.72. The minimum absolute atomic E-state index is 0.0398. The predicted octanol–water partition coefficient (Wildman–Crippen LogP) is 1.32. The van der Waals surface area contributed by atoms with Crippen molar-refractivity contribution in [3.05, 3.63) is 29.3 Å². The summed E-state index contributed by atoms with van der Waals surface area (Å²) < 4.78 is 17.2. The van der Waals surface area contributed by atoms with Crippen LogP contribution in [0, 0.1) is 0 Å². The van der Waals surface area contributed by atoms with Gasteiger partial charge < -0.3 is 10.1 Å². The smallest absolute Gasteiger partial charge is 0.251 e. The van der Waals surface area contributed by atoms with Crippen LogP contribution in [0.1, 0.15) is 15.9 Å². The molecule has 0 atom stereocenters. The van der Waals surface area contributed by atoms with Crippen LogP contribution < -0.4 is 10.1 Å². The maximum Gasteiger partial charge on any atom is 0.251 e. The zero-order chi connectivity index (χ0) is 10.7. The Hall–Kier alpha value is -1.58. The Morgan fingerprint density at radius 1 is 1.47 bits per heavy atom. The van der Waals surface area contributed by atoms with Crippen molar-refractivity contribution in [3.8, 4) is 5.75 Å². The van der Waals surface area contributed by atoms with Gasteiger partial charge in [0, 0.05) is 17.7 Å². The number of ether oxygens (including phenoxy) is 1. The zero-order valence-corrected chi connectivity index (χ0v) is 8.25. The summed E-state index contributed by atoms with van der Waals surface area (Å²) in [5.74, 6) is 0.543. The molecule has 0 saturated heterocycles. The third-order valence-electron chi connectivity index (χ3n) is 2.37. The number of hydrogen-bond donors (Lipinski definition) is 1. The Balaban J connectivity index is 2.31. The van der Waals surface area contributed by atoms with Gasteiger partial charge in [0.2, 0.25) is 0 Å². The lowest BCUT2D eigenvalue weighted by Crippen LogP contribution is -2.32. The summed E-state index contributed by atoms with van der Waals surface area (Å²) in [4.78, 5) is 11.5. The summed E-state index contributed by atoms with van der Waals surface area (Å²) in [6.45, 7) is 0.135. The van der Waals surface area contributed by atoms with Gasteiger partial charge >= 0.3 is 0 Å². The Labute approximate surface area is 87.2 Å². The van der Waals surface area contributed by atoms with Gasteiger partial charge in [-0.1, -0.05) is 6.07 Å². The van der Waals surface area contributed by atoms with Crippen LogP contribution in [-0.4, -0.2) is 25.7 Å². The molecule has 1 aliphatic heterocycles. The van der Waals surface area contributed by atoms with Crippen LogP contribution in [-0.2, 0) is 6.42 Å². The molecule has 1 amide bonds. The molecular weight excluding hydrogens is 197 g/mol. The summed E-state index contributed by atoms with van der Waals surface area (Å²) in [6.07, 6.45) is 0.740. The molecule has 1 heterocycles. The lowest BCUT2D eigenvalue weighted by atomic mass is 9.99. The fraction of sp³-hybridized carbons (Fsp3) is 0.364. The van der Waals surface area contributed by atoms with E-state index in [4.69, 9.17) is 4.74 Å². The quantitative estimate of drug-likeness (QED) is 0.815. The molecule has 0 spiro atoms. The average Bonchev–Trinajstić information content (AvgIpc) is 2.27. The van der Waals surface area contributed by atoms with Gasteiger partial charge in [0.15, 0.2) is 0 Å².